The number of rotatable bonds is 6. The minimum Gasteiger partial charge on any atom is -0.459 e. The van der Waals surface area contributed by atoms with Gasteiger partial charge in [0, 0.05) is 69.5 Å². The molecule has 3 saturated heterocycles. The molecule has 0 bridgehead atoms. The monoisotopic (exact) mass is 730 g/mol. The lowest BCUT2D eigenvalue weighted by Crippen LogP contribution is -2.58. The highest BCUT2D eigenvalue weighted by Crippen LogP contribution is 2.37. The highest BCUT2D eigenvalue weighted by atomic mass is 35.5. The number of piperazine rings is 1. The summed E-state index contributed by atoms with van der Waals surface area (Å²) in [5, 5.41) is 0.627. The Hall–Kier alpha value is -3.26. The summed E-state index contributed by atoms with van der Waals surface area (Å²) in [6.45, 7) is 4.43. The first kappa shape index (κ1) is 35.6. The van der Waals surface area contributed by atoms with Gasteiger partial charge in [0.2, 0.25) is 0 Å². The third-order valence-corrected chi connectivity index (χ3v) is 10.5. The maximum Gasteiger partial charge on any atom is 0.416 e. The molecule has 15 heteroatoms. The predicted octanol–water partition coefficient (Wildman–Crippen LogP) is 7.37. The Morgan fingerprint density at radius 3 is 1.98 bits per heavy atom. The number of furan rings is 1. The molecule has 0 spiro atoms. The summed E-state index contributed by atoms with van der Waals surface area (Å²) in [6, 6.07) is 9.08. The Bertz CT molecular complexity index is 1630. The zero-order valence-electron chi connectivity index (χ0n) is 26.2. The molecule has 0 radical (unpaired) electrons. The van der Waals surface area contributed by atoms with Gasteiger partial charge < -0.3 is 14.2 Å². The Balaban J connectivity index is 1.16. The van der Waals surface area contributed by atoms with Crippen molar-refractivity contribution in [3.63, 3.8) is 0 Å². The van der Waals surface area contributed by atoms with Gasteiger partial charge in [0.25, 0.3) is 11.8 Å². The zero-order valence-corrected chi connectivity index (χ0v) is 27.8. The molecule has 3 fully saturated rings. The predicted molar refractivity (Wildman–Crippen MR) is 171 cm³/mol. The smallest absolute Gasteiger partial charge is 0.416 e. The number of nitrogens with zero attached hydrogens (tertiary/aromatic N) is 4. The average Bonchev–Trinajstić information content (AvgIpc) is 3.79. The third-order valence-electron chi connectivity index (χ3n) is 9.80. The number of hydrogen-bond donors (Lipinski definition) is 0. The number of carbonyl (C=O) groups is 2. The number of piperidine rings is 1. The van der Waals surface area contributed by atoms with Gasteiger partial charge in [0.05, 0.1) is 27.4 Å². The molecule has 3 aromatic rings. The highest BCUT2D eigenvalue weighted by Gasteiger charge is 2.41. The largest absolute Gasteiger partial charge is 0.459 e. The van der Waals surface area contributed by atoms with Crippen molar-refractivity contribution in [2.24, 2.45) is 0 Å². The maximum absolute atomic E-state index is 13.8. The summed E-state index contributed by atoms with van der Waals surface area (Å²) in [7, 11) is 0. The lowest BCUT2D eigenvalue weighted by molar-refractivity contribution is -0.143. The van der Waals surface area contributed by atoms with Crippen LogP contribution in [0.2, 0.25) is 10.0 Å². The molecule has 49 heavy (non-hydrogen) atoms. The van der Waals surface area contributed by atoms with E-state index >= 15 is 0 Å². The van der Waals surface area contributed by atoms with Crippen LogP contribution in [0, 0.1) is 0 Å². The van der Waals surface area contributed by atoms with E-state index in [-0.39, 0.29) is 37.0 Å². The third kappa shape index (κ3) is 8.05. The molecular weight excluding hydrogens is 697 g/mol. The molecule has 2 aromatic carbocycles. The van der Waals surface area contributed by atoms with E-state index in [4.69, 9.17) is 27.6 Å². The van der Waals surface area contributed by atoms with Crippen LogP contribution in [-0.2, 0) is 18.8 Å². The Morgan fingerprint density at radius 1 is 0.755 bits per heavy atom. The molecule has 2 amide bonds. The number of amides is 2. The molecule has 0 saturated carbocycles. The number of halogens is 8. The van der Waals surface area contributed by atoms with Gasteiger partial charge in [-0.05, 0) is 73.7 Å². The van der Waals surface area contributed by atoms with Gasteiger partial charge in [0.1, 0.15) is 0 Å². The van der Waals surface area contributed by atoms with Gasteiger partial charge in [0.15, 0.2) is 5.76 Å². The maximum atomic E-state index is 13.8. The summed E-state index contributed by atoms with van der Waals surface area (Å²) in [5.41, 5.74) is -2.99. The number of likely N-dealkylation sites (tertiary alicyclic amines) is 2. The second kappa shape index (κ2) is 14.2. The first-order chi connectivity index (χ1) is 23.2. The second-order valence-electron chi connectivity index (χ2n) is 12.8. The minimum absolute atomic E-state index is 0.0237. The van der Waals surface area contributed by atoms with Gasteiger partial charge in [-0.25, -0.2) is 0 Å². The van der Waals surface area contributed by atoms with Crippen molar-refractivity contribution in [1.29, 1.82) is 0 Å². The molecule has 4 heterocycles. The van der Waals surface area contributed by atoms with Gasteiger partial charge in [-0.15, -0.1) is 0 Å². The summed E-state index contributed by atoms with van der Waals surface area (Å²) in [5.74, 6) is -0.695. The summed E-state index contributed by atoms with van der Waals surface area (Å²) in [4.78, 5) is 34.5. The molecule has 3 aliphatic rings. The molecule has 1 aromatic heterocycles. The molecule has 3 aliphatic heterocycles. The van der Waals surface area contributed by atoms with Crippen molar-refractivity contribution in [2.75, 3.05) is 45.8 Å². The van der Waals surface area contributed by atoms with Crippen molar-refractivity contribution in [1.82, 2.24) is 19.6 Å². The number of hydrogen-bond acceptors (Lipinski definition) is 5. The fourth-order valence-electron chi connectivity index (χ4n) is 7.25. The van der Waals surface area contributed by atoms with Gasteiger partial charge in [-0.1, -0.05) is 29.3 Å². The molecular formula is C34H34Cl2F6N4O3. The topological polar surface area (TPSA) is 60.2 Å². The Labute approximate surface area is 289 Å². The van der Waals surface area contributed by atoms with Gasteiger partial charge in [-0.2, -0.15) is 26.3 Å². The molecule has 264 valence electrons. The molecule has 7 nitrogen and oxygen atoms in total. The SMILES string of the molecule is O=C(c1ccco1)N1CCC(N2CCN(C3CCN(C(=O)c4cc(C(F)(F)F)cc(C(F)(F)F)c4)C(Cc4ccc(Cl)c(Cl)c4)C3)CC2)C1. The minimum atomic E-state index is -5.07. The first-order valence-electron chi connectivity index (χ1n) is 16.0. The van der Waals surface area contributed by atoms with Crippen LogP contribution in [0.1, 0.15) is 56.9 Å². The Kier molecular flexibility index (Phi) is 10.3. The van der Waals surface area contributed by atoms with Gasteiger partial charge in [-0.3, -0.25) is 19.4 Å². The van der Waals surface area contributed by atoms with Crippen molar-refractivity contribution >= 4 is 35.0 Å². The van der Waals surface area contributed by atoms with Crippen LogP contribution in [0.3, 0.4) is 0 Å². The average molecular weight is 732 g/mol. The number of carbonyl (C=O) groups excluding carboxylic acids is 2. The van der Waals surface area contributed by atoms with Crippen molar-refractivity contribution in [3.05, 3.63) is 92.9 Å². The van der Waals surface area contributed by atoms with E-state index in [1.807, 2.05) is 0 Å². The summed E-state index contributed by atoms with van der Waals surface area (Å²) >= 11 is 12.4. The molecule has 0 aliphatic carbocycles. The van der Waals surface area contributed by atoms with Crippen LogP contribution in [-0.4, -0.2) is 95.4 Å². The molecule has 6 rings (SSSR count). The van der Waals surface area contributed by atoms with Crippen LogP contribution in [0.4, 0.5) is 26.3 Å². The summed E-state index contributed by atoms with van der Waals surface area (Å²) < 4.78 is 87.0. The molecule has 3 unspecified atom stereocenters. The van der Waals surface area contributed by atoms with E-state index in [0.29, 0.717) is 53.9 Å². The molecule has 0 N–H and O–H groups in total. The van der Waals surface area contributed by atoms with Crippen LogP contribution >= 0.6 is 23.2 Å². The Morgan fingerprint density at radius 2 is 1.39 bits per heavy atom. The van der Waals surface area contributed by atoms with E-state index in [1.54, 1.807) is 35.2 Å². The molecule has 3 atom stereocenters. The van der Waals surface area contributed by atoms with Crippen LogP contribution in [0.25, 0.3) is 0 Å². The van der Waals surface area contributed by atoms with E-state index in [2.05, 4.69) is 9.80 Å². The van der Waals surface area contributed by atoms with E-state index < -0.39 is 41.0 Å². The zero-order chi connectivity index (χ0) is 35.1. The van der Waals surface area contributed by atoms with Crippen molar-refractivity contribution in [3.8, 4) is 0 Å². The van der Waals surface area contributed by atoms with Crippen LogP contribution in [0.5, 0.6) is 0 Å². The van der Waals surface area contributed by atoms with Crippen LogP contribution < -0.4 is 0 Å². The lowest BCUT2D eigenvalue weighted by atomic mass is 9.90. The van der Waals surface area contributed by atoms with E-state index in [1.165, 1.54) is 11.2 Å². The lowest BCUT2D eigenvalue weighted by Gasteiger charge is -2.47. The normalized spacial score (nSPS) is 22.9. The summed E-state index contributed by atoms with van der Waals surface area (Å²) in [6.07, 6.45) is -6.57. The second-order valence-corrected chi connectivity index (χ2v) is 13.6. The van der Waals surface area contributed by atoms with Crippen molar-refractivity contribution in [2.45, 2.75) is 56.2 Å². The fraction of sp³-hybridized carbons (Fsp3) is 0.471. The van der Waals surface area contributed by atoms with E-state index in [0.717, 1.165) is 38.2 Å². The van der Waals surface area contributed by atoms with E-state index in [9.17, 15) is 35.9 Å². The quantitative estimate of drug-likeness (QED) is 0.248. The number of alkyl halides is 6. The van der Waals surface area contributed by atoms with Gasteiger partial charge >= 0.3 is 12.4 Å². The standard InChI is InChI=1S/C34H34Cl2F6N4O3/c35-28-4-3-21(15-29(28)36)14-27-19-25(6-8-46(27)31(47)22-16-23(33(37,38)39)18-24(17-22)34(40,41)42)43-9-11-44(12-10-43)26-5-7-45(20-26)32(48)30-2-1-13-49-30/h1-4,13,15-18,25-27H,5-12,14,19-20H2. The highest BCUT2D eigenvalue weighted by molar-refractivity contribution is 6.42. The number of benzene rings is 2. The van der Waals surface area contributed by atoms with Crippen molar-refractivity contribution < 1.29 is 40.3 Å². The fourth-order valence-corrected chi connectivity index (χ4v) is 7.57. The van der Waals surface area contributed by atoms with Crippen LogP contribution in [0.15, 0.2) is 59.2 Å². The first-order valence-corrected chi connectivity index (χ1v) is 16.8.